The Balaban J connectivity index is 1.90. The molecule has 1 aliphatic rings. The molecule has 0 spiro atoms. The number of anilines is 2. The summed E-state index contributed by atoms with van der Waals surface area (Å²) in [5.41, 5.74) is 1.10. The third kappa shape index (κ3) is 4.16. The number of non-ortho nitro benzene ring substituents is 1. The molecule has 0 aliphatic carbocycles. The van der Waals surface area contributed by atoms with Gasteiger partial charge in [0.1, 0.15) is 18.0 Å². The minimum absolute atomic E-state index is 0.174. The molecule has 0 aromatic heterocycles. The number of benzene rings is 2. The third-order valence-electron chi connectivity index (χ3n) is 4.68. The maximum atomic E-state index is 12.8. The van der Waals surface area contributed by atoms with Crippen molar-refractivity contribution in [3.05, 3.63) is 51.0 Å². The number of rotatable bonds is 6. The summed E-state index contributed by atoms with van der Waals surface area (Å²) in [4.78, 5) is 37.3. The van der Waals surface area contributed by atoms with Crippen LogP contribution in [0.5, 0.6) is 11.5 Å². The highest BCUT2D eigenvalue weighted by molar-refractivity contribution is 6.31. The van der Waals surface area contributed by atoms with Gasteiger partial charge in [0.2, 0.25) is 5.91 Å². The Hall–Kier alpha value is -3.33. The zero-order valence-electron chi connectivity index (χ0n) is 16.6. The molecule has 1 unspecified atom stereocenters. The Morgan fingerprint density at radius 1 is 1.37 bits per heavy atom. The molecular formula is C20H20ClN3O6. The number of carbonyl (C=O) groups excluding carboxylic acids is 2. The maximum Gasteiger partial charge on any atom is 0.271 e. The van der Waals surface area contributed by atoms with Crippen molar-refractivity contribution in [1.82, 2.24) is 0 Å². The average molecular weight is 434 g/mol. The minimum atomic E-state index is -0.779. The fourth-order valence-corrected chi connectivity index (χ4v) is 3.26. The minimum Gasteiger partial charge on any atom is -0.495 e. The molecule has 2 aromatic carbocycles. The van der Waals surface area contributed by atoms with E-state index in [0.29, 0.717) is 28.6 Å². The van der Waals surface area contributed by atoms with E-state index in [1.165, 1.54) is 30.2 Å². The summed E-state index contributed by atoms with van der Waals surface area (Å²) in [7, 11) is 1.45. The Morgan fingerprint density at radius 2 is 2.10 bits per heavy atom. The van der Waals surface area contributed by atoms with E-state index in [1.54, 1.807) is 26.0 Å². The molecule has 0 saturated heterocycles. The number of methoxy groups -OCH3 is 1. The molecule has 3 rings (SSSR count). The van der Waals surface area contributed by atoms with E-state index in [1.807, 2.05) is 0 Å². The summed E-state index contributed by atoms with van der Waals surface area (Å²) >= 11 is 6.09. The van der Waals surface area contributed by atoms with Crippen molar-refractivity contribution in [3.63, 3.8) is 0 Å². The highest BCUT2D eigenvalue weighted by Gasteiger charge is 2.35. The number of aryl methyl sites for hydroxylation is 1. The van der Waals surface area contributed by atoms with E-state index in [9.17, 15) is 19.7 Å². The second-order valence-electron chi connectivity index (χ2n) is 6.70. The predicted molar refractivity (Wildman–Crippen MR) is 112 cm³/mol. The number of carbonyl (C=O) groups is 2. The molecule has 1 atom stereocenters. The first-order chi connectivity index (χ1) is 14.2. The molecule has 2 amide bonds. The van der Waals surface area contributed by atoms with Crippen molar-refractivity contribution < 1.29 is 24.0 Å². The number of nitro benzene ring substituents is 1. The number of ether oxygens (including phenoxy) is 2. The van der Waals surface area contributed by atoms with Crippen LogP contribution in [0.2, 0.25) is 5.02 Å². The third-order valence-corrected chi connectivity index (χ3v) is 5.09. The van der Waals surface area contributed by atoms with Crippen molar-refractivity contribution in [2.45, 2.75) is 26.4 Å². The van der Waals surface area contributed by atoms with Gasteiger partial charge < -0.3 is 14.8 Å². The zero-order valence-corrected chi connectivity index (χ0v) is 17.4. The van der Waals surface area contributed by atoms with Gasteiger partial charge in [-0.1, -0.05) is 18.5 Å². The Bertz CT molecular complexity index is 1030. The van der Waals surface area contributed by atoms with Crippen LogP contribution in [-0.4, -0.2) is 36.5 Å². The number of nitrogens with one attached hydrogen (secondary N) is 1. The molecule has 30 heavy (non-hydrogen) atoms. The second-order valence-corrected chi connectivity index (χ2v) is 7.11. The van der Waals surface area contributed by atoms with Gasteiger partial charge in [0.15, 0.2) is 6.10 Å². The van der Waals surface area contributed by atoms with Gasteiger partial charge in [-0.2, -0.15) is 0 Å². The van der Waals surface area contributed by atoms with Gasteiger partial charge >= 0.3 is 0 Å². The standard InChI is InChI=1S/C20H20ClN3O6/c1-4-16-20(26)23(15-8-12(24(27)28)5-6-17(15)30-16)10-19(25)22-14-7-11(2)13(21)9-18(14)29-3/h5-9,16H,4,10H2,1-3H3,(H,22,25). The molecule has 2 aromatic rings. The quantitative estimate of drug-likeness (QED) is 0.549. The second kappa shape index (κ2) is 8.58. The summed E-state index contributed by atoms with van der Waals surface area (Å²) in [6, 6.07) is 7.19. The lowest BCUT2D eigenvalue weighted by Crippen LogP contribution is -2.48. The predicted octanol–water partition coefficient (Wildman–Crippen LogP) is 3.71. The number of nitro groups is 1. The average Bonchev–Trinajstić information content (AvgIpc) is 2.71. The highest BCUT2D eigenvalue weighted by atomic mass is 35.5. The molecule has 1 heterocycles. The topological polar surface area (TPSA) is 111 Å². The van der Waals surface area contributed by atoms with Crippen LogP contribution in [0.4, 0.5) is 17.1 Å². The van der Waals surface area contributed by atoms with Gasteiger partial charge in [-0.05, 0) is 31.0 Å². The maximum absolute atomic E-state index is 12.8. The van der Waals surface area contributed by atoms with Crippen LogP contribution in [0.3, 0.4) is 0 Å². The number of hydrogen-bond donors (Lipinski definition) is 1. The van der Waals surface area contributed by atoms with E-state index >= 15 is 0 Å². The van der Waals surface area contributed by atoms with Crippen LogP contribution in [-0.2, 0) is 9.59 Å². The van der Waals surface area contributed by atoms with E-state index in [4.69, 9.17) is 21.1 Å². The van der Waals surface area contributed by atoms with Gasteiger partial charge in [0.05, 0.1) is 23.4 Å². The lowest BCUT2D eigenvalue weighted by molar-refractivity contribution is -0.384. The Labute approximate surface area is 177 Å². The SMILES string of the molecule is CCC1Oc2ccc([N+](=O)[O-])cc2N(CC(=O)Nc2cc(C)c(Cl)cc2OC)C1=O. The van der Waals surface area contributed by atoms with Crippen LogP contribution in [0.1, 0.15) is 18.9 Å². The first-order valence-corrected chi connectivity index (χ1v) is 9.53. The lowest BCUT2D eigenvalue weighted by Gasteiger charge is -2.33. The Kier molecular flexibility index (Phi) is 6.12. The van der Waals surface area contributed by atoms with Gasteiger partial charge in [0.25, 0.3) is 11.6 Å². The van der Waals surface area contributed by atoms with Crippen LogP contribution >= 0.6 is 11.6 Å². The summed E-state index contributed by atoms with van der Waals surface area (Å²) in [6.45, 7) is 3.21. The van der Waals surface area contributed by atoms with Crippen LogP contribution in [0.25, 0.3) is 0 Å². The fourth-order valence-electron chi connectivity index (χ4n) is 3.11. The van der Waals surface area contributed by atoms with Gasteiger partial charge in [-0.25, -0.2) is 0 Å². The molecule has 0 radical (unpaired) electrons. The van der Waals surface area contributed by atoms with Gasteiger partial charge in [-0.3, -0.25) is 24.6 Å². The summed E-state index contributed by atoms with van der Waals surface area (Å²) in [6.07, 6.45) is -0.392. The van der Waals surface area contributed by atoms with E-state index < -0.39 is 22.8 Å². The lowest BCUT2D eigenvalue weighted by atomic mass is 10.1. The number of amides is 2. The van der Waals surface area contributed by atoms with Crippen molar-refractivity contribution in [2.75, 3.05) is 23.9 Å². The summed E-state index contributed by atoms with van der Waals surface area (Å²) < 4.78 is 10.9. The van der Waals surface area contributed by atoms with Crippen molar-refractivity contribution in [3.8, 4) is 11.5 Å². The van der Waals surface area contributed by atoms with Crippen LogP contribution in [0.15, 0.2) is 30.3 Å². The molecule has 1 aliphatic heterocycles. The van der Waals surface area contributed by atoms with Crippen molar-refractivity contribution >= 4 is 40.5 Å². The molecular weight excluding hydrogens is 414 g/mol. The van der Waals surface area contributed by atoms with E-state index in [0.717, 1.165) is 5.56 Å². The van der Waals surface area contributed by atoms with E-state index in [2.05, 4.69) is 5.32 Å². The summed E-state index contributed by atoms with van der Waals surface area (Å²) in [5, 5.41) is 14.3. The Morgan fingerprint density at radius 3 is 2.73 bits per heavy atom. The largest absolute Gasteiger partial charge is 0.495 e. The molecule has 1 N–H and O–H groups in total. The normalized spacial score (nSPS) is 15.3. The van der Waals surface area contributed by atoms with Crippen LogP contribution < -0.4 is 19.7 Å². The molecule has 158 valence electrons. The van der Waals surface area contributed by atoms with Crippen molar-refractivity contribution in [1.29, 1.82) is 0 Å². The molecule has 0 saturated carbocycles. The van der Waals surface area contributed by atoms with Crippen LogP contribution in [0, 0.1) is 17.0 Å². The molecule has 10 heteroatoms. The first kappa shape index (κ1) is 21.4. The molecule has 0 fully saturated rings. The first-order valence-electron chi connectivity index (χ1n) is 9.15. The number of hydrogen-bond acceptors (Lipinski definition) is 6. The zero-order chi connectivity index (χ0) is 22.0. The summed E-state index contributed by atoms with van der Waals surface area (Å²) in [5.74, 6) is -0.271. The number of nitrogens with zero attached hydrogens (tertiary/aromatic N) is 2. The monoisotopic (exact) mass is 433 g/mol. The van der Waals surface area contributed by atoms with Gasteiger partial charge in [0, 0.05) is 23.2 Å². The fraction of sp³-hybridized carbons (Fsp3) is 0.300. The van der Waals surface area contributed by atoms with E-state index in [-0.39, 0.29) is 17.9 Å². The van der Waals surface area contributed by atoms with Gasteiger partial charge in [-0.15, -0.1) is 0 Å². The highest BCUT2D eigenvalue weighted by Crippen LogP contribution is 2.37. The molecule has 9 nitrogen and oxygen atoms in total. The number of halogens is 1. The van der Waals surface area contributed by atoms with Crippen molar-refractivity contribution in [2.24, 2.45) is 0 Å². The smallest absolute Gasteiger partial charge is 0.271 e. The molecule has 0 bridgehead atoms. The number of fused-ring (bicyclic) bond motifs is 1.